The molecule has 4 aliphatic carbocycles. The molecule has 14 heavy (non-hydrogen) atoms. The molecule has 0 saturated heterocycles. The van der Waals surface area contributed by atoms with Gasteiger partial charge in [-0.2, -0.15) is 0 Å². The molecule has 0 heterocycles. The van der Waals surface area contributed by atoms with Gasteiger partial charge >= 0.3 is 0 Å². The van der Waals surface area contributed by atoms with Crippen molar-refractivity contribution in [3.8, 4) is 0 Å². The molecule has 78 valence electrons. The lowest BCUT2D eigenvalue weighted by atomic mass is 9.90. The van der Waals surface area contributed by atoms with Crippen molar-refractivity contribution >= 4 is 0 Å². The zero-order valence-corrected chi connectivity index (χ0v) is 8.60. The maximum Gasteiger partial charge on any atom is 0.0101 e. The number of hydrogen-bond donors (Lipinski definition) is 2. The summed E-state index contributed by atoms with van der Waals surface area (Å²) in [6.45, 7) is 0. The molecule has 0 aromatic heterocycles. The van der Waals surface area contributed by atoms with Gasteiger partial charge in [-0.3, -0.25) is 0 Å². The highest BCUT2D eigenvalue weighted by atomic mass is 14.9. The van der Waals surface area contributed by atoms with Crippen molar-refractivity contribution in [3.63, 3.8) is 0 Å². The second-order valence-corrected chi connectivity index (χ2v) is 6.12. The van der Waals surface area contributed by atoms with Crippen LogP contribution in [-0.2, 0) is 0 Å². The van der Waals surface area contributed by atoms with E-state index in [0.29, 0.717) is 12.1 Å². The number of hydrogen-bond acceptors (Lipinski definition) is 2. The lowest BCUT2D eigenvalue weighted by Gasteiger charge is -2.18. The minimum absolute atomic E-state index is 0.535. The molecule has 2 heteroatoms. The van der Waals surface area contributed by atoms with E-state index in [1.54, 1.807) is 0 Å². The molecule has 4 saturated carbocycles. The van der Waals surface area contributed by atoms with E-state index in [0.717, 1.165) is 35.5 Å². The summed E-state index contributed by atoms with van der Waals surface area (Å²) in [7, 11) is 0. The van der Waals surface area contributed by atoms with Crippen LogP contribution in [-0.4, -0.2) is 12.1 Å². The fourth-order valence-electron chi connectivity index (χ4n) is 5.75. The first kappa shape index (κ1) is 8.12. The van der Waals surface area contributed by atoms with Crippen LogP contribution in [0, 0.1) is 35.5 Å². The Morgan fingerprint density at radius 1 is 0.571 bits per heavy atom. The maximum absolute atomic E-state index is 6.39. The summed E-state index contributed by atoms with van der Waals surface area (Å²) in [5.74, 6) is 5.30. The van der Waals surface area contributed by atoms with Crippen LogP contribution >= 0.6 is 0 Å². The van der Waals surface area contributed by atoms with Gasteiger partial charge in [0.15, 0.2) is 0 Å². The molecule has 4 fully saturated rings. The smallest absolute Gasteiger partial charge is 0.0101 e. The van der Waals surface area contributed by atoms with E-state index in [1.807, 2.05) is 0 Å². The van der Waals surface area contributed by atoms with Crippen LogP contribution in [0.2, 0.25) is 0 Å². The van der Waals surface area contributed by atoms with Crippen molar-refractivity contribution in [2.45, 2.75) is 37.8 Å². The Morgan fingerprint density at radius 2 is 0.857 bits per heavy atom. The molecule has 0 amide bonds. The molecule has 4 rings (SSSR count). The standard InChI is InChI=1S/C12H20N2/c13-11-5-1-2-6-9(5)10-7(11)3-4-8(10)12(6)14/h5-12H,1-4,13-14H2. The van der Waals surface area contributed by atoms with Gasteiger partial charge in [-0.05, 0) is 61.2 Å². The highest BCUT2D eigenvalue weighted by Gasteiger charge is 2.65. The highest BCUT2D eigenvalue weighted by Crippen LogP contribution is 2.66. The zero-order chi connectivity index (χ0) is 9.45. The van der Waals surface area contributed by atoms with Gasteiger partial charge in [0.05, 0.1) is 0 Å². The molecule has 4 unspecified atom stereocenters. The van der Waals surface area contributed by atoms with E-state index in [1.165, 1.54) is 25.7 Å². The van der Waals surface area contributed by atoms with E-state index in [4.69, 9.17) is 11.5 Å². The van der Waals surface area contributed by atoms with Gasteiger partial charge in [-0.25, -0.2) is 0 Å². The van der Waals surface area contributed by atoms with Crippen molar-refractivity contribution in [3.05, 3.63) is 0 Å². The van der Waals surface area contributed by atoms with Crippen LogP contribution in [0.3, 0.4) is 0 Å². The largest absolute Gasteiger partial charge is 0.327 e. The summed E-state index contributed by atoms with van der Waals surface area (Å²) in [6, 6.07) is 1.07. The Labute approximate surface area is 85.4 Å². The molecule has 0 bridgehead atoms. The third-order valence-corrected chi connectivity index (χ3v) is 6.07. The molecule has 0 spiro atoms. The molecule has 4 atom stereocenters. The topological polar surface area (TPSA) is 52.0 Å². The quantitative estimate of drug-likeness (QED) is 0.600. The van der Waals surface area contributed by atoms with E-state index in [-0.39, 0.29) is 0 Å². The molecule has 0 aromatic rings. The molecular formula is C12H20N2. The fraction of sp³-hybridized carbons (Fsp3) is 1.00. The van der Waals surface area contributed by atoms with Crippen LogP contribution in [0.25, 0.3) is 0 Å². The van der Waals surface area contributed by atoms with Crippen LogP contribution < -0.4 is 11.5 Å². The minimum Gasteiger partial charge on any atom is -0.327 e. The van der Waals surface area contributed by atoms with Crippen molar-refractivity contribution in [2.24, 2.45) is 47.0 Å². The van der Waals surface area contributed by atoms with Crippen molar-refractivity contribution < 1.29 is 0 Å². The van der Waals surface area contributed by atoms with Crippen LogP contribution in [0.1, 0.15) is 25.7 Å². The van der Waals surface area contributed by atoms with Gasteiger partial charge in [-0.1, -0.05) is 0 Å². The third kappa shape index (κ3) is 0.674. The minimum atomic E-state index is 0.535. The molecule has 0 radical (unpaired) electrons. The Balaban J connectivity index is 1.82. The Morgan fingerprint density at radius 3 is 1.14 bits per heavy atom. The van der Waals surface area contributed by atoms with Crippen molar-refractivity contribution in [1.82, 2.24) is 0 Å². The predicted octanol–water partition coefficient (Wildman–Crippen LogP) is 0.953. The van der Waals surface area contributed by atoms with Gasteiger partial charge in [0, 0.05) is 12.1 Å². The number of rotatable bonds is 0. The molecule has 4 N–H and O–H groups in total. The Kier molecular flexibility index (Phi) is 1.37. The lowest BCUT2D eigenvalue weighted by molar-refractivity contribution is 0.322. The Hall–Kier alpha value is -0.0800. The molecule has 0 aliphatic heterocycles. The van der Waals surface area contributed by atoms with E-state index < -0.39 is 0 Å². The SMILES string of the molecule is NC1C2CCC3C(N)C4CCC1C4C23. The molecule has 4 aliphatic rings. The fourth-order valence-corrected chi connectivity index (χ4v) is 5.75. The van der Waals surface area contributed by atoms with Crippen molar-refractivity contribution in [2.75, 3.05) is 0 Å². The van der Waals surface area contributed by atoms with Crippen LogP contribution in [0.5, 0.6) is 0 Å². The second kappa shape index (κ2) is 2.35. The summed E-state index contributed by atoms with van der Waals surface area (Å²) >= 11 is 0. The molecular weight excluding hydrogens is 172 g/mol. The second-order valence-electron chi connectivity index (χ2n) is 6.12. The summed E-state index contributed by atoms with van der Waals surface area (Å²) in [5, 5.41) is 0. The lowest BCUT2D eigenvalue weighted by Crippen LogP contribution is -2.34. The van der Waals surface area contributed by atoms with Gasteiger partial charge in [0.2, 0.25) is 0 Å². The van der Waals surface area contributed by atoms with E-state index in [2.05, 4.69) is 0 Å². The first-order valence-corrected chi connectivity index (χ1v) is 6.30. The third-order valence-electron chi connectivity index (χ3n) is 6.07. The van der Waals surface area contributed by atoms with E-state index >= 15 is 0 Å². The average Bonchev–Trinajstić information content (AvgIpc) is 2.83. The normalized spacial score (nSPS) is 69.0. The maximum atomic E-state index is 6.39. The van der Waals surface area contributed by atoms with Gasteiger partial charge < -0.3 is 11.5 Å². The molecule has 2 nitrogen and oxygen atoms in total. The summed E-state index contributed by atoms with van der Waals surface area (Å²) < 4.78 is 0. The summed E-state index contributed by atoms with van der Waals surface area (Å²) in [5.41, 5.74) is 12.8. The number of nitrogens with two attached hydrogens (primary N) is 2. The van der Waals surface area contributed by atoms with Crippen LogP contribution in [0.4, 0.5) is 0 Å². The summed E-state index contributed by atoms with van der Waals surface area (Å²) in [6.07, 6.45) is 5.52. The highest BCUT2D eigenvalue weighted by molar-refractivity contribution is 5.17. The van der Waals surface area contributed by atoms with Crippen LogP contribution in [0.15, 0.2) is 0 Å². The first-order valence-electron chi connectivity index (χ1n) is 6.30. The average molecular weight is 192 g/mol. The van der Waals surface area contributed by atoms with Crippen molar-refractivity contribution in [1.29, 1.82) is 0 Å². The summed E-state index contributed by atoms with van der Waals surface area (Å²) in [4.78, 5) is 0. The predicted molar refractivity (Wildman–Crippen MR) is 55.4 cm³/mol. The Bertz CT molecular complexity index is 225. The first-order chi connectivity index (χ1) is 6.79. The van der Waals surface area contributed by atoms with Gasteiger partial charge in [0.25, 0.3) is 0 Å². The van der Waals surface area contributed by atoms with Gasteiger partial charge in [0.1, 0.15) is 0 Å². The zero-order valence-electron chi connectivity index (χ0n) is 8.60. The van der Waals surface area contributed by atoms with Gasteiger partial charge in [-0.15, -0.1) is 0 Å². The molecule has 0 aromatic carbocycles. The monoisotopic (exact) mass is 192 g/mol. The van der Waals surface area contributed by atoms with E-state index in [9.17, 15) is 0 Å².